The molecular formula is C15H19Cl2N3. The van der Waals surface area contributed by atoms with E-state index >= 15 is 0 Å². The molecule has 0 fully saturated rings. The van der Waals surface area contributed by atoms with Gasteiger partial charge < -0.3 is 5.32 Å². The number of benzene rings is 1. The van der Waals surface area contributed by atoms with E-state index in [2.05, 4.69) is 16.5 Å². The van der Waals surface area contributed by atoms with Crippen LogP contribution in [0.4, 0.5) is 0 Å². The zero-order chi connectivity index (χ0) is 14.5. The van der Waals surface area contributed by atoms with Gasteiger partial charge in [0.25, 0.3) is 0 Å². The van der Waals surface area contributed by atoms with Gasteiger partial charge in [-0.05, 0) is 50.1 Å². The van der Waals surface area contributed by atoms with Crippen molar-refractivity contribution in [2.24, 2.45) is 7.05 Å². The Morgan fingerprint density at radius 2 is 2.10 bits per heavy atom. The highest BCUT2D eigenvalue weighted by Gasteiger charge is 2.11. The second-order valence-corrected chi connectivity index (χ2v) is 5.75. The van der Waals surface area contributed by atoms with Crippen LogP contribution in [-0.2, 0) is 19.9 Å². The summed E-state index contributed by atoms with van der Waals surface area (Å²) in [6.07, 6.45) is 4.76. The van der Waals surface area contributed by atoms with Gasteiger partial charge in [-0.1, -0.05) is 29.3 Å². The van der Waals surface area contributed by atoms with Crippen molar-refractivity contribution >= 4 is 23.2 Å². The summed E-state index contributed by atoms with van der Waals surface area (Å²) in [5.74, 6) is 0. The van der Waals surface area contributed by atoms with Crippen LogP contribution >= 0.6 is 23.2 Å². The number of aryl methyl sites for hydroxylation is 2. The lowest BCUT2D eigenvalue weighted by Gasteiger charge is -2.17. The molecular weight excluding hydrogens is 293 g/mol. The van der Waals surface area contributed by atoms with E-state index in [0.717, 1.165) is 29.8 Å². The molecule has 1 atom stereocenters. The molecule has 0 amide bonds. The highest BCUT2D eigenvalue weighted by atomic mass is 35.5. The Morgan fingerprint density at radius 1 is 1.30 bits per heavy atom. The molecule has 20 heavy (non-hydrogen) atoms. The first-order valence-corrected chi connectivity index (χ1v) is 7.44. The fourth-order valence-corrected chi connectivity index (χ4v) is 2.76. The minimum atomic E-state index is 0.378. The van der Waals surface area contributed by atoms with E-state index in [1.165, 1.54) is 5.69 Å². The topological polar surface area (TPSA) is 29.9 Å². The van der Waals surface area contributed by atoms with E-state index in [1.54, 1.807) is 6.07 Å². The Hall–Kier alpha value is -1.03. The minimum Gasteiger partial charge on any atom is -0.317 e. The monoisotopic (exact) mass is 311 g/mol. The van der Waals surface area contributed by atoms with Crippen molar-refractivity contribution in [3.8, 4) is 0 Å². The van der Waals surface area contributed by atoms with Gasteiger partial charge in [0.05, 0.1) is 0 Å². The third-order valence-electron chi connectivity index (χ3n) is 3.56. The molecule has 108 valence electrons. The van der Waals surface area contributed by atoms with Gasteiger partial charge in [-0.3, -0.25) is 4.68 Å². The molecule has 2 aromatic rings. The van der Waals surface area contributed by atoms with Crippen LogP contribution in [-0.4, -0.2) is 22.9 Å². The lowest BCUT2D eigenvalue weighted by atomic mass is 10.0. The molecule has 1 aromatic heterocycles. The Kier molecular flexibility index (Phi) is 5.46. The van der Waals surface area contributed by atoms with Gasteiger partial charge in [-0.2, -0.15) is 5.10 Å². The van der Waals surface area contributed by atoms with Crippen LogP contribution in [0, 0.1) is 0 Å². The number of hydrogen-bond donors (Lipinski definition) is 1. The molecule has 1 heterocycles. The molecule has 1 unspecified atom stereocenters. The van der Waals surface area contributed by atoms with E-state index < -0.39 is 0 Å². The van der Waals surface area contributed by atoms with Crippen molar-refractivity contribution in [3.63, 3.8) is 0 Å². The molecule has 3 nitrogen and oxygen atoms in total. The van der Waals surface area contributed by atoms with Crippen LogP contribution in [0.2, 0.25) is 10.0 Å². The lowest BCUT2D eigenvalue weighted by Crippen LogP contribution is -2.28. The average molecular weight is 312 g/mol. The predicted molar refractivity (Wildman–Crippen MR) is 84.5 cm³/mol. The number of rotatable bonds is 6. The lowest BCUT2D eigenvalue weighted by molar-refractivity contribution is 0.510. The first-order valence-electron chi connectivity index (χ1n) is 6.68. The van der Waals surface area contributed by atoms with E-state index in [4.69, 9.17) is 23.2 Å². The Labute approximate surface area is 129 Å². The molecule has 0 saturated heterocycles. The summed E-state index contributed by atoms with van der Waals surface area (Å²) in [5.41, 5.74) is 2.37. The Morgan fingerprint density at radius 3 is 2.70 bits per heavy atom. The number of aromatic nitrogens is 2. The maximum atomic E-state index is 6.23. The maximum absolute atomic E-state index is 6.23. The summed E-state index contributed by atoms with van der Waals surface area (Å²) < 4.78 is 1.92. The predicted octanol–water partition coefficient (Wildman–Crippen LogP) is 3.49. The van der Waals surface area contributed by atoms with Gasteiger partial charge in [0.2, 0.25) is 0 Å². The highest BCUT2D eigenvalue weighted by molar-refractivity contribution is 6.35. The molecule has 0 bridgehead atoms. The summed E-state index contributed by atoms with van der Waals surface area (Å²) in [4.78, 5) is 0. The summed E-state index contributed by atoms with van der Waals surface area (Å²) >= 11 is 12.2. The van der Waals surface area contributed by atoms with Gasteiger partial charge in [0.1, 0.15) is 0 Å². The summed E-state index contributed by atoms with van der Waals surface area (Å²) in [5, 5.41) is 8.95. The van der Waals surface area contributed by atoms with Crippen LogP contribution < -0.4 is 5.32 Å². The molecule has 1 aromatic carbocycles. The summed E-state index contributed by atoms with van der Waals surface area (Å²) in [7, 11) is 3.96. The Bertz CT molecular complexity index is 566. The highest BCUT2D eigenvalue weighted by Crippen LogP contribution is 2.22. The first-order chi connectivity index (χ1) is 9.60. The van der Waals surface area contributed by atoms with Crippen LogP contribution in [0.5, 0.6) is 0 Å². The maximum Gasteiger partial charge on any atom is 0.0492 e. The van der Waals surface area contributed by atoms with Crippen molar-refractivity contribution in [2.45, 2.75) is 25.3 Å². The molecule has 0 aliphatic rings. The molecule has 0 spiro atoms. The zero-order valence-corrected chi connectivity index (χ0v) is 13.2. The van der Waals surface area contributed by atoms with Crippen LogP contribution in [0.1, 0.15) is 17.7 Å². The minimum absolute atomic E-state index is 0.378. The molecule has 0 radical (unpaired) electrons. The van der Waals surface area contributed by atoms with E-state index in [1.807, 2.05) is 37.1 Å². The molecule has 5 heteroatoms. The number of halogens is 2. The standard InChI is InChI=1S/C15H19Cl2N3/c1-18-13(5-6-14-7-8-19-20(14)2)9-11-3-4-12(16)10-15(11)17/h3-4,7-8,10,13,18H,5-6,9H2,1-2H3. The second kappa shape index (κ2) is 7.11. The smallest absolute Gasteiger partial charge is 0.0492 e. The molecule has 0 aliphatic carbocycles. The van der Waals surface area contributed by atoms with E-state index in [9.17, 15) is 0 Å². The van der Waals surface area contributed by atoms with E-state index in [-0.39, 0.29) is 0 Å². The summed E-state index contributed by atoms with van der Waals surface area (Å²) in [6.45, 7) is 0. The number of nitrogens with zero attached hydrogens (tertiary/aromatic N) is 2. The second-order valence-electron chi connectivity index (χ2n) is 4.91. The Balaban J connectivity index is 1.97. The summed E-state index contributed by atoms with van der Waals surface area (Å²) in [6, 6.07) is 8.12. The van der Waals surface area contributed by atoms with Crippen molar-refractivity contribution in [2.75, 3.05) is 7.05 Å². The zero-order valence-electron chi connectivity index (χ0n) is 11.7. The third-order valence-corrected chi connectivity index (χ3v) is 4.15. The van der Waals surface area contributed by atoms with Gasteiger partial charge in [0.15, 0.2) is 0 Å². The number of likely N-dealkylation sites (N-methyl/N-ethyl adjacent to an activating group) is 1. The number of nitrogens with one attached hydrogen (secondary N) is 1. The fourth-order valence-electron chi connectivity index (χ4n) is 2.27. The van der Waals surface area contributed by atoms with Gasteiger partial charge in [0, 0.05) is 35.0 Å². The fraction of sp³-hybridized carbons (Fsp3) is 0.400. The largest absolute Gasteiger partial charge is 0.317 e. The van der Waals surface area contributed by atoms with Crippen molar-refractivity contribution in [1.29, 1.82) is 0 Å². The van der Waals surface area contributed by atoms with Crippen molar-refractivity contribution in [1.82, 2.24) is 15.1 Å². The quantitative estimate of drug-likeness (QED) is 0.885. The van der Waals surface area contributed by atoms with Gasteiger partial charge >= 0.3 is 0 Å². The molecule has 0 saturated carbocycles. The SMILES string of the molecule is CNC(CCc1ccnn1C)Cc1ccc(Cl)cc1Cl. The molecule has 1 N–H and O–H groups in total. The van der Waals surface area contributed by atoms with Crippen LogP contribution in [0.3, 0.4) is 0 Å². The van der Waals surface area contributed by atoms with Crippen molar-refractivity contribution < 1.29 is 0 Å². The van der Waals surface area contributed by atoms with Crippen LogP contribution in [0.25, 0.3) is 0 Å². The average Bonchev–Trinajstić information content (AvgIpc) is 2.82. The number of hydrogen-bond acceptors (Lipinski definition) is 2. The van der Waals surface area contributed by atoms with Gasteiger partial charge in [-0.25, -0.2) is 0 Å². The van der Waals surface area contributed by atoms with E-state index in [0.29, 0.717) is 11.1 Å². The molecule has 0 aliphatic heterocycles. The van der Waals surface area contributed by atoms with Crippen LogP contribution in [0.15, 0.2) is 30.5 Å². The van der Waals surface area contributed by atoms with Crippen molar-refractivity contribution in [3.05, 3.63) is 51.8 Å². The third kappa shape index (κ3) is 3.98. The molecule has 2 rings (SSSR count). The normalized spacial score (nSPS) is 12.6. The van der Waals surface area contributed by atoms with Gasteiger partial charge in [-0.15, -0.1) is 0 Å². The first kappa shape index (κ1) is 15.4.